The summed E-state index contributed by atoms with van der Waals surface area (Å²) in [6, 6.07) is 7.69. The van der Waals surface area contributed by atoms with Gasteiger partial charge in [-0.1, -0.05) is 50.4 Å². The molecule has 0 saturated heterocycles. The molecule has 0 heterocycles. The third kappa shape index (κ3) is 10.7. The number of amides is 2. The number of hydrogen-bond donors (Lipinski definition) is 4. The quantitative estimate of drug-likeness (QED) is 0.449. The largest absolute Gasteiger partial charge is 1.00 e. The normalized spacial score (nSPS) is 8.18. The van der Waals surface area contributed by atoms with E-state index < -0.39 is 5.24 Å². The Balaban J connectivity index is -0.000000332. The van der Waals surface area contributed by atoms with E-state index in [0.29, 0.717) is 0 Å². The van der Waals surface area contributed by atoms with Gasteiger partial charge in [0.25, 0.3) is 10.5 Å². The van der Waals surface area contributed by atoms with Crippen molar-refractivity contribution >= 4 is 41.4 Å². The van der Waals surface area contributed by atoms with Crippen LogP contribution in [0.5, 0.6) is 0 Å². The molecule has 2 amide bonds. The van der Waals surface area contributed by atoms with Crippen molar-refractivity contribution in [1.82, 2.24) is 0 Å². The third-order valence-electron chi connectivity index (χ3n) is 1.64. The number of primary amides is 1. The maximum absolute atomic E-state index is 10.6. The molecule has 0 aromatic heterocycles. The van der Waals surface area contributed by atoms with Crippen LogP contribution >= 0.6 is 25.3 Å². The van der Waals surface area contributed by atoms with E-state index in [1.165, 1.54) is 0 Å². The van der Waals surface area contributed by atoms with Crippen LogP contribution in [0.3, 0.4) is 0 Å². The average molecular weight is 282 g/mol. The second kappa shape index (κ2) is 11.0. The first-order chi connectivity index (χ1) is 7.47. The van der Waals surface area contributed by atoms with Crippen LogP contribution in [0.2, 0.25) is 0 Å². The fraction of sp³-hybridized carbons (Fsp3) is 0.200. The number of nitrogens with one attached hydrogen (secondary N) is 1. The second-order valence-electron chi connectivity index (χ2n) is 2.78. The van der Waals surface area contributed by atoms with Crippen molar-refractivity contribution in [2.24, 2.45) is 5.73 Å². The first kappa shape index (κ1) is 19.2. The summed E-state index contributed by atoms with van der Waals surface area (Å²) in [5.74, 6) is 0. The molecule has 0 atom stereocenters. The SMILES string of the molecule is CCc1ccccc1NC(=O)S.NC(=O)S.[H-].[Na+]. The maximum Gasteiger partial charge on any atom is 1.00 e. The Morgan fingerprint density at radius 2 is 1.82 bits per heavy atom. The molecule has 0 saturated carbocycles. The summed E-state index contributed by atoms with van der Waals surface area (Å²) in [4.78, 5) is 19.7. The van der Waals surface area contributed by atoms with Crippen LogP contribution in [0.4, 0.5) is 15.3 Å². The monoisotopic (exact) mass is 282 g/mol. The fourth-order valence-corrected chi connectivity index (χ4v) is 1.19. The van der Waals surface area contributed by atoms with Crippen LogP contribution in [0.1, 0.15) is 13.9 Å². The van der Waals surface area contributed by atoms with Gasteiger partial charge < -0.3 is 12.5 Å². The van der Waals surface area contributed by atoms with E-state index in [1.54, 1.807) is 0 Å². The summed E-state index contributed by atoms with van der Waals surface area (Å²) in [6.07, 6.45) is 0.907. The van der Waals surface area contributed by atoms with Gasteiger partial charge >= 0.3 is 29.6 Å². The van der Waals surface area contributed by atoms with E-state index in [1.807, 2.05) is 31.2 Å². The molecule has 90 valence electrons. The average Bonchev–Trinajstić information content (AvgIpc) is 2.17. The minimum atomic E-state index is -0.639. The first-order valence-corrected chi connectivity index (χ1v) is 5.43. The van der Waals surface area contributed by atoms with Crippen LogP contribution in [-0.4, -0.2) is 10.5 Å². The van der Waals surface area contributed by atoms with Crippen molar-refractivity contribution in [2.75, 3.05) is 5.32 Å². The molecule has 0 radical (unpaired) electrons. The Morgan fingerprint density at radius 3 is 2.24 bits per heavy atom. The summed E-state index contributed by atoms with van der Waals surface area (Å²) in [6.45, 7) is 2.05. The van der Waals surface area contributed by atoms with Gasteiger partial charge in [0, 0.05) is 5.69 Å². The zero-order chi connectivity index (χ0) is 12.6. The standard InChI is InChI=1S/C9H11NOS.CH3NOS.Na.H/c1-2-7-5-3-4-6-8(7)10-9(11)12;2-1(3)4;;/h3-6H,2H2,1H3,(H2,10,11,12);(H3,2,3,4);;/q;;+1;-1. The van der Waals surface area contributed by atoms with Gasteiger partial charge in [0.15, 0.2) is 0 Å². The van der Waals surface area contributed by atoms with Crippen molar-refractivity contribution in [1.29, 1.82) is 0 Å². The van der Waals surface area contributed by atoms with Crippen molar-refractivity contribution in [3.05, 3.63) is 29.8 Å². The molecular formula is C10H15N2NaO2S2. The zero-order valence-electron chi connectivity index (χ0n) is 10.8. The van der Waals surface area contributed by atoms with Crippen LogP contribution in [0.15, 0.2) is 24.3 Å². The number of hydrogen-bond acceptors (Lipinski definition) is 2. The zero-order valence-corrected chi connectivity index (χ0v) is 13.6. The number of carbonyl (C=O) groups is 2. The Kier molecular flexibility index (Phi) is 12.4. The van der Waals surface area contributed by atoms with E-state index in [2.05, 4.69) is 36.3 Å². The van der Waals surface area contributed by atoms with E-state index in [0.717, 1.165) is 17.7 Å². The van der Waals surface area contributed by atoms with Crippen LogP contribution < -0.4 is 40.6 Å². The van der Waals surface area contributed by atoms with Gasteiger partial charge in [-0.15, -0.1) is 0 Å². The molecule has 1 aromatic rings. The predicted octanol–water partition coefficient (Wildman–Crippen LogP) is -0.178. The number of anilines is 1. The summed E-state index contributed by atoms with van der Waals surface area (Å²) in [5.41, 5.74) is 6.31. The number of carbonyl (C=O) groups excluding carboxylic acids is 2. The Labute approximate surface area is 135 Å². The van der Waals surface area contributed by atoms with Gasteiger partial charge in [0.05, 0.1) is 0 Å². The van der Waals surface area contributed by atoms with Gasteiger partial charge in [0.1, 0.15) is 0 Å². The molecule has 1 rings (SSSR count). The van der Waals surface area contributed by atoms with E-state index in [4.69, 9.17) is 4.79 Å². The van der Waals surface area contributed by atoms with E-state index in [-0.39, 0.29) is 36.2 Å². The van der Waals surface area contributed by atoms with Crippen molar-refractivity contribution in [3.8, 4) is 0 Å². The molecule has 0 aliphatic carbocycles. The summed E-state index contributed by atoms with van der Waals surface area (Å²) in [7, 11) is 0. The van der Waals surface area contributed by atoms with Gasteiger partial charge in [-0.05, 0) is 18.1 Å². The van der Waals surface area contributed by atoms with Gasteiger partial charge in [-0.25, -0.2) is 0 Å². The van der Waals surface area contributed by atoms with Crippen LogP contribution in [-0.2, 0) is 6.42 Å². The molecule has 0 bridgehead atoms. The number of thiol groups is 2. The Hall–Kier alpha value is -0.140. The summed E-state index contributed by atoms with van der Waals surface area (Å²) in [5, 5.41) is 1.69. The number of nitrogens with two attached hydrogens (primary N) is 1. The fourth-order valence-electron chi connectivity index (χ4n) is 1.07. The van der Waals surface area contributed by atoms with Crippen molar-refractivity contribution < 1.29 is 40.6 Å². The Morgan fingerprint density at radius 1 is 1.35 bits per heavy atom. The molecule has 0 aliphatic rings. The maximum atomic E-state index is 10.6. The number of benzene rings is 1. The second-order valence-corrected chi connectivity index (χ2v) is 3.63. The number of para-hydroxylation sites is 1. The molecule has 0 aliphatic heterocycles. The van der Waals surface area contributed by atoms with Crippen LogP contribution in [0, 0.1) is 0 Å². The van der Waals surface area contributed by atoms with E-state index >= 15 is 0 Å². The van der Waals surface area contributed by atoms with E-state index in [9.17, 15) is 4.79 Å². The smallest absolute Gasteiger partial charge is 1.00 e. The van der Waals surface area contributed by atoms with Gasteiger partial charge in [-0.2, -0.15) is 0 Å². The van der Waals surface area contributed by atoms with Crippen molar-refractivity contribution in [2.45, 2.75) is 13.3 Å². The minimum Gasteiger partial charge on any atom is -1.00 e. The van der Waals surface area contributed by atoms with Gasteiger partial charge in [-0.3, -0.25) is 9.59 Å². The molecule has 0 unspecified atom stereocenters. The summed E-state index contributed by atoms with van der Waals surface area (Å²) < 4.78 is 0. The predicted molar refractivity (Wildman–Crippen MR) is 73.5 cm³/mol. The molecular weight excluding hydrogens is 267 g/mol. The molecule has 3 N–H and O–H groups in total. The summed E-state index contributed by atoms with van der Waals surface area (Å²) >= 11 is 6.75. The molecule has 7 heteroatoms. The van der Waals surface area contributed by atoms with Gasteiger partial charge in [0.2, 0.25) is 0 Å². The van der Waals surface area contributed by atoms with Crippen molar-refractivity contribution in [3.63, 3.8) is 0 Å². The topological polar surface area (TPSA) is 72.2 Å². The molecule has 4 nitrogen and oxygen atoms in total. The Bertz CT molecular complexity index is 377. The number of aryl methyl sites for hydroxylation is 1. The number of rotatable bonds is 2. The molecule has 1 aromatic carbocycles. The molecule has 0 spiro atoms. The third-order valence-corrected chi connectivity index (χ3v) is 1.75. The minimum absolute atomic E-state index is 0. The first-order valence-electron chi connectivity index (χ1n) is 4.53. The molecule has 0 fully saturated rings. The molecule has 17 heavy (non-hydrogen) atoms. The van der Waals surface area contributed by atoms with Crippen LogP contribution in [0.25, 0.3) is 0 Å².